The van der Waals surface area contributed by atoms with Crippen molar-refractivity contribution in [2.45, 2.75) is 34.6 Å². The SMILES string of the molecule is CC1=C(C)C(C)(C)C(c2c(F)c(Cl)c(Cl)c([O])c2-c2ccccc2)=C1C. The molecule has 0 saturated heterocycles. The molecule has 0 aromatic heterocycles. The topological polar surface area (TPSA) is 19.9 Å². The van der Waals surface area contributed by atoms with E-state index >= 15 is 4.39 Å². The van der Waals surface area contributed by atoms with Crippen LogP contribution in [-0.4, -0.2) is 0 Å². The van der Waals surface area contributed by atoms with Crippen LogP contribution in [0.1, 0.15) is 40.2 Å². The molecule has 1 aliphatic rings. The first-order valence-corrected chi connectivity index (χ1v) is 9.19. The molecule has 0 unspecified atom stereocenters. The molecule has 135 valence electrons. The zero-order valence-electron chi connectivity index (χ0n) is 15.4. The molecule has 0 saturated carbocycles. The van der Waals surface area contributed by atoms with E-state index in [0.29, 0.717) is 5.56 Å². The van der Waals surface area contributed by atoms with Crippen molar-refractivity contribution in [3.05, 3.63) is 68.5 Å². The van der Waals surface area contributed by atoms with Crippen molar-refractivity contribution in [2.24, 2.45) is 5.41 Å². The molecule has 0 aliphatic heterocycles. The van der Waals surface area contributed by atoms with Crippen molar-refractivity contribution in [3.63, 3.8) is 0 Å². The average molecular weight is 390 g/mol. The molecule has 0 atom stereocenters. The van der Waals surface area contributed by atoms with Gasteiger partial charge < -0.3 is 0 Å². The average Bonchev–Trinajstić information content (AvgIpc) is 2.77. The van der Waals surface area contributed by atoms with E-state index in [0.717, 1.165) is 22.3 Å². The van der Waals surface area contributed by atoms with Gasteiger partial charge in [-0.1, -0.05) is 73.0 Å². The summed E-state index contributed by atoms with van der Waals surface area (Å²) < 4.78 is 15.4. The summed E-state index contributed by atoms with van der Waals surface area (Å²) in [5.74, 6) is -1.09. The molecule has 0 fully saturated rings. The van der Waals surface area contributed by atoms with E-state index in [4.69, 9.17) is 23.2 Å². The Kier molecular flexibility index (Phi) is 4.71. The highest BCUT2D eigenvalue weighted by Crippen LogP contribution is 2.56. The van der Waals surface area contributed by atoms with Crippen molar-refractivity contribution >= 4 is 28.8 Å². The van der Waals surface area contributed by atoms with Gasteiger partial charge in [-0.2, -0.15) is 0 Å². The molecule has 2 aromatic rings. The molecule has 26 heavy (non-hydrogen) atoms. The van der Waals surface area contributed by atoms with Crippen LogP contribution in [0, 0.1) is 11.2 Å². The third-order valence-corrected chi connectivity index (χ3v) is 6.47. The number of halogens is 3. The fourth-order valence-electron chi connectivity index (χ4n) is 3.85. The Bertz CT molecular complexity index is 970. The highest BCUT2D eigenvalue weighted by atomic mass is 35.5. The van der Waals surface area contributed by atoms with Crippen molar-refractivity contribution in [1.82, 2.24) is 0 Å². The van der Waals surface area contributed by atoms with Crippen LogP contribution in [0.4, 0.5) is 4.39 Å². The molecule has 3 rings (SSSR count). The lowest BCUT2D eigenvalue weighted by atomic mass is 9.75. The van der Waals surface area contributed by atoms with Crippen LogP contribution in [0.2, 0.25) is 10.0 Å². The van der Waals surface area contributed by atoms with Crippen molar-refractivity contribution in [2.75, 3.05) is 0 Å². The third kappa shape index (κ3) is 2.59. The zero-order valence-corrected chi connectivity index (χ0v) is 16.9. The Labute approximate surface area is 163 Å². The summed E-state index contributed by atoms with van der Waals surface area (Å²) >= 11 is 12.2. The van der Waals surface area contributed by atoms with Crippen LogP contribution in [0.5, 0.6) is 5.75 Å². The summed E-state index contributed by atoms with van der Waals surface area (Å²) in [5, 5.41) is 12.4. The third-order valence-electron chi connectivity index (χ3n) is 5.66. The minimum Gasteiger partial charge on any atom is -0.288 e. The van der Waals surface area contributed by atoms with E-state index in [2.05, 4.69) is 0 Å². The standard InChI is InChI=1S/C22H20Cl2FO/c1-11-12(2)17(22(4,5)13(11)3)16-15(14-9-7-6-8-10-14)21(26)19(24)18(23)20(16)25/h6-10H,1-5H3. The van der Waals surface area contributed by atoms with Gasteiger partial charge in [-0.25, -0.2) is 4.39 Å². The zero-order chi connectivity index (χ0) is 19.4. The highest BCUT2D eigenvalue weighted by molar-refractivity contribution is 6.43. The molecule has 0 heterocycles. The predicted octanol–water partition coefficient (Wildman–Crippen LogP) is 8.09. The normalized spacial score (nSPS) is 16.6. The maximum Gasteiger partial charge on any atom is 0.207 e. The van der Waals surface area contributed by atoms with Gasteiger partial charge in [-0.05, 0) is 43.1 Å². The lowest BCUT2D eigenvalue weighted by Gasteiger charge is -2.28. The van der Waals surface area contributed by atoms with E-state index in [1.165, 1.54) is 0 Å². The number of hydrogen-bond donors (Lipinski definition) is 0. The maximum atomic E-state index is 15.4. The monoisotopic (exact) mass is 389 g/mol. The van der Waals surface area contributed by atoms with E-state index < -0.39 is 17.0 Å². The first kappa shape index (κ1) is 19.0. The lowest BCUT2D eigenvalue weighted by Crippen LogP contribution is -2.15. The summed E-state index contributed by atoms with van der Waals surface area (Å²) in [4.78, 5) is 0. The number of benzene rings is 2. The molecular formula is C22H20Cl2FO. The van der Waals surface area contributed by atoms with Crippen LogP contribution in [0.15, 0.2) is 47.1 Å². The van der Waals surface area contributed by atoms with Crippen LogP contribution >= 0.6 is 23.2 Å². The number of hydrogen-bond acceptors (Lipinski definition) is 0. The summed E-state index contributed by atoms with van der Waals surface area (Å²) in [7, 11) is 0. The maximum absolute atomic E-state index is 15.4. The minimum atomic E-state index is -0.639. The summed E-state index contributed by atoms with van der Waals surface area (Å²) in [6.45, 7) is 10.1. The van der Waals surface area contributed by atoms with E-state index in [9.17, 15) is 5.11 Å². The van der Waals surface area contributed by atoms with Gasteiger partial charge in [0.25, 0.3) is 0 Å². The van der Waals surface area contributed by atoms with Crippen LogP contribution in [0.25, 0.3) is 16.7 Å². The van der Waals surface area contributed by atoms with E-state index in [1.54, 1.807) is 12.1 Å². The van der Waals surface area contributed by atoms with Gasteiger partial charge in [0.1, 0.15) is 5.02 Å². The molecule has 4 heteroatoms. The van der Waals surface area contributed by atoms with Gasteiger partial charge in [0, 0.05) is 16.5 Å². The first-order chi connectivity index (χ1) is 12.1. The fourth-order valence-corrected chi connectivity index (χ4v) is 4.21. The van der Waals surface area contributed by atoms with Crippen molar-refractivity contribution in [1.29, 1.82) is 0 Å². The summed E-state index contributed by atoms with van der Waals surface area (Å²) in [6.07, 6.45) is 0. The quantitative estimate of drug-likeness (QED) is 0.462. The summed E-state index contributed by atoms with van der Waals surface area (Å²) in [5.41, 5.74) is 4.77. The largest absolute Gasteiger partial charge is 0.288 e. The fraction of sp³-hybridized carbons (Fsp3) is 0.273. The predicted molar refractivity (Wildman–Crippen MR) is 107 cm³/mol. The van der Waals surface area contributed by atoms with E-state index in [1.807, 2.05) is 52.8 Å². The van der Waals surface area contributed by atoms with Gasteiger partial charge >= 0.3 is 0 Å². The molecular weight excluding hydrogens is 370 g/mol. The highest BCUT2D eigenvalue weighted by Gasteiger charge is 2.39. The van der Waals surface area contributed by atoms with Crippen LogP contribution in [0.3, 0.4) is 0 Å². The van der Waals surface area contributed by atoms with E-state index in [-0.39, 0.29) is 21.2 Å². The van der Waals surface area contributed by atoms with Gasteiger partial charge in [-0.15, -0.1) is 0 Å². The Hall–Kier alpha value is -1.77. The van der Waals surface area contributed by atoms with Crippen molar-refractivity contribution in [3.8, 4) is 16.9 Å². The van der Waals surface area contributed by atoms with Gasteiger partial charge in [0.05, 0.1) is 5.02 Å². The Morgan fingerprint density at radius 1 is 0.885 bits per heavy atom. The molecule has 2 aromatic carbocycles. The minimum absolute atomic E-state index is 0.259. The molecule has 0 bridgehead atoms. The van der Waals surface area contributed by atoms with Gasteiger partial charge in [0.15, 0.2) is 5.82 Å². The summed E-state index contributed by atoms with van der Waals surface area (Å²) in [6, 6.07) is 9.05. The molecule has 1 aliphatic carbocycles. The second kappa shape index (κ2) is 6.44. The van der Waals surface area contributed by atoms with Gasteiger partial charge in [0.2, 0.25) is 5.75 Å². The second-order valence-electron chi connectivity index (χ2n) is 7.26. The lowest BCUT2D eigenvalue weighted by molar-refractivity contribution is 0.356. The first-order valence-electron chi connectivity index (χ1n) is 8.43. The van der Waals surface area contributed by atoms with Crippen LogP contribution in [-0.2, 0) is 5.11 Å². The number of rotatable bonds is 2. The van der Waals surface area contributed by atoms with Crippen LogP contribution < -0.4 is 0 Å². The molecule has 0 spiro atoms. The van der Waals surface area contributed by atoms with Crippen molar-refractivity contribution < 1.29 is 9.50 Å². The Balaban J connectivity index is 2.47. The Morgan fingerprint density at radius 3 is 1.96 bits per heavy atom. The molecule has 0 N–H and O–H groups in total. The number of allylic oxidation sites excluding steroid dienone is 4. The molecule has 0 amide bonds. The smallest absolute Gasteiger partial charge is 0.207 e. The molecule has 1 nitrogen and oxygen atoms in total. The second-order valence-corrected chi connectivity index (χ2v) is 8.02. The van der Waals surface area contributed by atoms with Gasteiger partial charge in [-0.3, -0.25) is 5.11 Å². The Morgan fingerprint density at radius 2 is 1.46 bits per heavy atom. The molecule has 1 radical (unpaired) electrons.